The summed E-state index contributed by atoms with van der Waals surface area (Å²) >= 11 is 0. The second-order valence-corrected chi connectivity index (χ2v) is 9.40. The van der Waals surface area contributed by atoms with Crippen molar-refractivity contribution in [2.24, 2.45) is 0 Å². The number of nitrogens with zero attached hydrogens (tertiary/aromatic N) is 2. The van der Waals surface area contributed by atoms with Gasteiger partial charge in [-0.3, -0.25) is 9.69 Å². The summed E-state index contributed by atoms with van der Waals surface area (Å²) in [6, 6.07) is 1.95. The molecular weight excluding hydrogens is 494 g/mol. The summed E-state index contributed by atoms with van der Waals surface area (Å²) in [4.78, 5) is 27.2. The van der Waals surface area contributed by atoms with Crippen molar-refractivity contribution in [2.45, 2.75) is 82.8 Å². The largest absolute Gasteiger partial charge is 0.493 e. The Bertz CT molecular complexity index is 932. The predicted octanol–water partition coefficient (Wildman–Crippen LogP) is 5.56. The molecule has 2 rings (SSSR count). The molecule has 204 valence electrons. The number of likely N-dealkylation sites (N-methyl/N-ethyl adjacent to an activating group) is 1. The van der Waals surface area contributed by atoms with E-state index in [-0.39, 0.29) is 42.8 Å². The van der Waals surface area contributed by atoms with Crippen molar-refractivity contribution < 1.29 is 45.8 Å². The first kappa shape index (κ1) is 29.7. The van der Waals surface area contributed by atoms with E-state index in [4.69, 9.17) is 4.74 Å². The number of amides is 3. The van der Waals surface area contributed by atoms with Gasteiger partial charge in [0.1, 0.15) is 11.3 Å². The van der Waals surface area contributed by atoms with Crippen molar-refractivity contribution in [1.82, 2.24) is 9.80 Å². The smallest absolute Gasteiger partial charge is 0.430 e. The van der Waals surface area contributed by atoms with Crippen LogP contribution < -0.4 is 4.74 Å². The molecule has 0 saturated carbocycles. The van der Waals surface area contributed by atoms with Crippen LogP contribution in [-0.2, 0) is 16.8 Å². The van der Waals surface area contributed by atoms with Gasteiger partial charge in [-0.05, 0) is 50.8 Å². The second kappa shape index (κ2) is 10.9. The Hall–Kier alpha value is -2.50. The molecule has 1 N–H and O–H groups in total. The Kier molecular flexibility index (Phi) is 8.97. The second-order valence-electron chi connectivity index (χ2n) is 9.40. The van der Waals surface area contributed by atoms with Gasteiger partial charge in [0.05, 0.1) is 6.61 Å². The molecule has 0 atom stereocenters. The van der Waals surface area contributed by atoms with Gasteiger partial charge in [0.25, 0.3) is 11.5 Å². The van der Waals surface area contributed by atoms with Gasteiger partial charge in [0.2, 0.25) is 0 Å². The predicted molar refractivity (Wildman–Crippen MR) is 119 cm³/mol. The van der Waals surface area contributed by atoms with E-state index >= 15 is 0 Å². The van der Waals surface area contributed by atoms with Gasteiger partial charge in [-0.25, -0.2) is 4.79 Å². The third-order valence-corrected chi connectivity index (χ3v) is 6.48. The van der Waals surface area contributed by atoms with E-state index < -0.39 is 29.1 Å². The highest BCUT2D eigenvalue weighted by molar-refractivity contribution is 6.06. The number of unbranched alkanes of at least 4 members (excludes halogenated alkanes) is 3. The number of carbonyl (C=O) groups excluding carboxylic acids is 2. The highest BCUT2D eigenvalue weighted by Crippen LogP contribution is 2.50. The van der Waals surface area contributed by atoms with E-state index in [1.165, 1.54) is 9.80 Å². The minimum absolute atomic E-state index is 0.139. The molecule has 6 nitrogen and oxygen atoms in total. The molecule has 1 aliphatic rings. The maximum atomic E-state index is 13.2. The molecule has 1 fully saturated rings. The van der Waals surface area contributed by atoms with Crippen LogP contribution in [0.2, 0.25) is 0 Å². The third-order valence-electron chi connectivity index (χ3n) is 6.48. The minimum atomic E-state index is -5.95. The minimum Gasteiger partial charge on any atom is -0.493 e. The van der Waals surface area contributed by atoms with Crippen LogP contribution in [0.25, 0.3) is 0 Å². The van der Waals surface area contributed by atoms with Crippen molar-refractivity contribution in [3.8, 4) is 5.75 Å². The number of carbonyl (C=O) groups is 2. The number of hydrogen-bond acceptors (Lipinski definition) is 4. The number of alkyl halides is 6. The lowest BCUT2D eigenvalue weighted by Crippen LogP contribution is -2.53. The van der Waals surface area contributed by atoms with E-state index in [9.17, 15) is 41.0 Å². The lowest BCUT2D eigenvalue weighted by atomic mass is 9.90. The summed E-state index contributed by atoms with van der Waals surface area (Å²) in [7, 11) is 1.57. The first-order valence-electron chi connectivity index (χ1n) is 11.7. The zero-order valence-electron chi connectivity index (χ0n) is 20.7. The Morgan fingerprint density at radius 2 is 1.56 bits per heavy atom. The van der Waals surface area contributed by atoms with Crippen LogP contribution >= 0.6 is 0 Å². The van der Waals surface area contributed by atoms with Gasteiger partial charge < -0.3 is 14.7 Å². The van der Waals surface area contributed by atoms with Crippen molar-refractivity contribution in [3.05, 3.63) is 29.3 Å². The molecule has 0 spiro atoms. The number of aliphatic hydroxyl groups is 1. The zero-order valence-corrected chi connectivity index (χ0v) is 20.7. The molecule has 1 saturated heterocycles. The van der Waals surface area contributed by atoms with Crippen molar-refractivity contribution in [3.63, 3.8) is 0 Å². The molecule has 3 amide bonds. The van der Waals surface area contributed by atoms with Gasteiger partial charge in [-0.15, -0.1) is 0 Å². The van der Waals surface area contributed by atoms with Crippen molar-refractivity contribution in [2.75, 3.05) is 20.2 Å². The number of halogens is 6. The lowest BCUT2D eigenvalue weighted by molar-refractivity contribution is -0.376. The monoisotopic (exact) mass is 526 g/mol. The Morgan fingerprint density at radius 1 is 0.972 bits per heavy atom. The van der Waals surface area contributed by atoms with Gasteiger partial charge in [-0.2, -0.15) is 26.3 Å². The normalized spacial score (nSPS) is 16.8. The van der Waals surface area contributed by atoms with Crippen LogP contribution in [0.3, 0.4) is 0 Å². The highest BCUT2D eigenvalue weighted by Gasteiger charge is 2.71. The summed E-state index contributed by atoms with van der Waals surface area (Å²) in [5, 5.41) is 9.65. The third kappa shape index (κ3) is 5.73. The fourth-order valence-electron chi connectivity index (χ4n) is 3.98. The fraction of sp³-hybridized carbons (Fsp3) is 0.667. The quantitative estimate of drug-likeness (QED) is 0.233. The van der Waals surface area contributed by atoms with Crippen LogP contribution in [0, 0.1) is 0 Å². The Balaban J connectivity index is 1.94. The van der Waals surface area contributed by atoms with Gasteiger partial charge in [0, 0.05) is 19.2 Å². The summed E-state index contributed by atoms with van der Waals surface area (Å²) in [6.45, 7) is 5.53. The topological polar surface area (TPSA) is 70.1 Å². The molecular formula is C24H32F6N2O4. The molecule has 0 aromatic heterocycles. The number of ether oxygens (including phenoxy) is 1. The van der Waals surface area contributed by atoms with E-state index in [1.54, 1.807) is 27.8 Å². The Labute approximate surface area is 206 Å². The summed E-state index contributed by atoms with van der Waals surface area (Å²) in [5.74, 6) is -0.0981. The van der Waals surface area contributed by atoms with Crippen molar-refractivity contribution >= 4 is 11.9 Å². The first-order valence-corrected chi connectivity index (χ1v) is 11.7. The van der Waals surface area contributed by atoms with Crippen LogP contribution in [0.5, 0.6) is 5.75 Å². The van der Waals surface area contributed by atoms with E-state index in [0.717, 1.165) is 6.07 Å². The van der Waals surface area contributed by atoms with Crippen molar-refractivity contribution in [1.29, 1.82) is 0 Å². The Morgan fingerprint density at radius 3 is 2.06 bits per heavy atom. The maximum absolute atomic E-state index is 13.2. The first-order chi connectivity index (χ1) is 16.5. The van der Waals surface area contributed by atoms with E-state index in [0.29, 0.717) is 44.2 Å². The summed E-state index contributed by atoms with van der Waals surface area (Å²) in [6.07, 6.45) is -8.79. The number of imide groups is 1. The maximum Gasteiger partial charge on any atom is 0.430 e. The average Bonchev–Trinajstić information content (AvgIpc) is 2.91. The number of urea groups is 1. The number of hydrogen-bond donors (Lipinski definition) is 1. The SMILES string of the molecule is CCCc1cc(C(O)(C(F)(F)F)C(F)(F)F)ccc1OCCCCCCN1C(=O)N(C)C(C)(C)C1=O. The number of rotatable bonds is 11. The molecule has 0 bridgehead atoms. The highest BCUT2D eigenvalue weighted by atomic mass is 19.4. The van der Waals surface area contributed by atoms with Crippen LogP contribution in [0.15, 0.2) is 18.2 Å². The average molecular weight is 527 g/mol. The van der Waals surface area contributed by atoms with Crippen LogP contribution in [-0.4, -0.2) is 64.9 Å². The van der Waals surface area contributed by atoms with E-state index in [1.807, 2.05) is 0 Å². The van der Waals surface area contributed by atoms with Gasteiger partial charge in [0.15, 0.2) is 0 Å². The molecule has 0 radical (unpaired) electrons. The van der Waals surface area contributed by atoms with Gasteiger partial charge in [-0.1, -0.05) is 32.3 Å². The number of benzene rings is 1. The molecule has 36 heavy (non-hydrogen) atoms. The van der Waals surface area contributed by atoms with Gasteiger partial charge >= 0.3 is 18.4 Å². The molecule has 1 aromatic carbocycles. The standard InChI is InChI=1S/C24H32F6N2O4/c1-5-10-16-15-17(22(35,23(25,26)27)24(28,29)30)11-12-18(16)36-14-9-7-6-8-13-32-19(33)21(2,3)31(4)20(32)34/h11-12,15,35H,5-10,13-14H2,1-4H3. The van der Waals surface area contributed by atoms with E-state index in [2.05, 4.69) is 0 Å². The summed E-state index contributed by atoms with van der Waals surface area (Å²) in [5.41, 5.74) is -7.03. The molecule has 1 aromatic rings. The number of aryl methyl sites for hydroxylation is 1. The lowest BCUT2D eigenvalue weighted by Gasteiger charge is -2.33. The molecule has 12 heteroatoms. The summed E-state index contributed by atoms with van der Waals surface area (Å²) < 4.78 is 84.9. The fourth-order valence-corrected chi connectivity index (χ4v) is 3.98. The molecule has 1 aliphatic heterocycles. The van der Waals surface area contributed by atoms with Crippen LogP contribution in [0.4, 0.5) is 31.1 Å². The zero-order chi connectivity index (χ0) is 27.5. The van der Waals surface area contributed by atoms with Crippen LogP contribution in [0.1, 0.15) is 64.0 Å². The molecule has 0 unspecified atom stereocenters. The molecule has 0 aliphatic carbocycles. The molecule has 1 heterocycles.